The standard InChI is InChI=1S/C15H22N2O3/c1-2-20-15(19)12-3-4-14(13(16)9-12)17-7-5-11(10-17)6-8-18/h3-4,9,11,18H,2,5-8,10,16H2,1H3. The fraction of sp³-hybridized carbons (Fsp3) is 0.533. The van der Waals surface area contributed by atoms with Gasteiger partial charge < -0.3 is 20.5 Å². The Hall–Kier alpha value is -1.75. The summed E-state index contributed by atoms with van der Waals surface area (Å²) in [6.07, 6.45) is 1.90. The number of carbonyl (C=O) groups excluding carboxylic acids is 1. The van der Waals surface area contributed by atoms with E-state index in [0.29, 0.717) is 23.8 Å². The topological polar surface area (TPSA) is 75.8 Å². The van der Waals surface area contributed by atoms with Crippen molar-refractivity contribution in [2.75, 3.05) is 36.9 Å². The first-order valence-electron chi connectivity index (χ1n) is 7.08. The first-order valence-corrected chi connectivity index (χ1v) is 7.08. The molecule has 0 aliphatic carbocycles. The molecule has 1 aliphatic rings. The Bertz CT molecular complexity index is 476. The third-order valence-corrected chi connectivity index (χ3v) is 3.70. The zero-order valence-corrected chi connectivity index (χ0v) is 11.8. The van der Waals surface area contributed by atoms with Gasteiger partial charge in [-0.1, -0.05) is 0 Å². The van der Waals surface area contributed by atoms with E-state index >= 15 is 0 Å². The number of esters is 1. The van der Waals surface area contributed by atoms with Gasteiger partial charge in [-0.15, -0.1) is 0 Å². The van der Waals surface area contributed by atoms with Crippen LogP contribution < -0.4 is 10.6 Å². The molecule has 0 bridgehead atoms. The Balaban J connectivity index is 2.08. The number of aliphatic hydroxyl groups excluding tert-OH is 1. The monoisotopic (exact) mass is 278 g/mol. The molecule has 1 fully saturated rings. The largest absolute Gasteiger partial charge is 0.462 e. The van der Waals surface area contributed by atoms with Crippen LogP contribution in [0.5, 0.6) is 0 Å². The number of nitrogens with two attached hydrogens (primary N) is 1. The van der Waals surface area contributed by atoms with Crippen molar-refractivity contribution in [1.29, 1.82) is 0 Å². The Labute approximate surface area is 119 Å². The summed E-state index contributed by atoms with van der Waals surface area (Å²) >= 11 is 0. The summed E-state index contributed by atoms with van der Waals surface area (Å²) in [7, 11) is 0. The maximum atomic E-state index is 11.6. The lowest BCUT2D eigenvalue weighted by molar-refractivity contribution is 0.0526. The van der Waals surface area contributed by atoms with Crippen LogP contribution in [0.2, 0.25) is 0 Å². The summed E-state index contributed by atoms with van der Waals surface area (Å²) in [6, 6.07) is 5.30. The first-order chi connectivity index (χ1) is 9.65. The van der Waals surface area contributed by atoms with E-state index in [4.69, 9.17) is 15.6 Å². The fourth-order valence-electron chi connectivity index (χ4n) is 2.65. The minimum Gasteiger partial charge on any atom is -0.462 e. The van der Waals surface area contributed by atoms with Crippen molar-refractivity contribution in [3.63, 3.8) is 0 Å². The van der Waals surface area contributed by atoms with Crippen molar-refractivity contribution in [3.05, 3.63) is 23.8 Å². The predicted molar refractivity (Wildman–Crippen MR) is 78.8 cm³/mol. The number of rotatable bonds is 5. The summed E-state index contributed by atoms with van der Waals surface area (Å²) in [5.74, 6) is 0.175. The highest BCUT2D eigenvalue weighted by molar-refractivity contribution is 5.92. The van der Waals surface area contributed by atoms with Gasteiger partial charge in [-0.05, 0) is 43.9 Å². The summed E-state index contributed by atoms with van der Waals surface area (Å²) in [5, 5.41) is 8.99. The predicted octanol–water partition coefficient (Wildman–Crippen LogP) is 1.65. The van der Waals surface area contributed by atoms with E-state index in [2.05, 4.69) is 4.90 Å². The highest BCUT2D eigenvalue weighted by Crippen LogP contribution is 2.30. The number of carbonyl (C=O) groups is 1. The third kappa shape index (κ3) is 3.22. The zero-order chi connectivity index (χ0) is 14.5. The van der Waals surface area contributed by atoms with Gasteiger partial charge in [0, 0.05) is 19.7 Å². The van der Waals surface area contributed by atoms with Crippen molar-refractivity contribution < 1.29 is 14.6 Å². The lowest BCUT2D eigenvalue weighted by atomic mass is 10.1. The molecule has 3 N–H and O–H groups in total. The number of anilines is 2. The molecule has 1 unspecified atom stereocenters. The molecule has 1 aliphatic heterocycles. The smallest absolute Gasteiger partial charge is 0.338 e. The number of benzene rings is 1. The van der Waals surface area contributed by atoms with Crippen LogP contribution >= 0.6 is 0 Å². The number of nitrogen functional groups attached to an aromatic ring is 1. The van der Waals surface area contributed by atoms with Crippen LogP contribution in [-0.4, -0.2) is 37.4 Å². The molecule has 0 spiro atoms. The number of hydrogen-bond donors (Lipinski definition) is 2. The summed E-state index contributed by atoms with van der Waals surface area (Å²) < 4.78 is 4.96. The minimum atomic E-state index is -0.342. The van der Waals surface area contributed by atoms with Gasteiger partial charge in [-0.25, -0.2) is 4.79 Å². The summed E-state index contributed by atoms with van der Waals surface area (Å²) in [6.45, 7) is 4.21. The second-order valence-corrected chi connectivity index (χ2v) is 5.11. The van der Waals surface area contributed by atoms with Crippen LogP contribution in [0.1, 0.15) is 30.1 Å². The molecule has 110 valence electrons. The van der Waals surface area contributed by atoms with Gasteiger partial charge in [0.25, 0.3) is 0 Å². The number of aliphatic hydroxyl groups is 1. The highest BCUT2D eigenvalue weighted by atomic mass is 16.5. The molecule has 1 atom stereocenters. The van der Waals surface area contributed by atoms with Crippen molar-refractivity contribution in [1.82, 2.24) is 0 Å². The quantitative estimate of drug-likeness (QED) is 0.633. The minimum absolute atomic E-state index is 0.232. The van der Waals surface area contributed by atoms with E-state index in [1.807, 2.05) is 6.07 Å². The Morgan fingerprint density at radius 3 is 3.00 bits per heavy atom. The van der Waals surface area contributed by atoms with Crippen molar-refractivity contribution in [2.45, 2.75) is 19.8 Å². The van der Waals surface area contributed by atoms with Gasteiger partial charge in [0.2, 0.25) is 0 Å². The van der Waals surface area contributed by atoms with Crippen molar-refractivity contribution in [3.8, 4) is 0 Å². The maximum Gasteiger partial charge on any atom is 0.338 e. The van der Waals surface area contributed by atoms with Crippen LogP contribution in [0.15, 0.2) is 18.2 Å². The van der Waals surface area contributed by atoms with E-state index in [-0.39, 0.29) is 12.6 Å². The van der Waals surface area contributed by atoms with E-state index in [9.17, 15) is 4.79 Å². The SMILES string of the molecule is CCOC(=O)c1ccc(N2CCC(CCO)C2)c(N)c1. The average molecular weight is 278 g/mol. The van der Waals surface area contributed by atoms with Gasteiger partial charge in [0.1, 0.15) is 0 Å². The third-order valence-electron chi connectivity index (χ3n) is 3.70. The molecule has 20 heavy (non-hydrogen) atoms. The van der Waals surface area contributed by atoms with Gasteiger partial charge >= 0.3 is 5.97 Å². The highest BCUT2D eigenvalue weighted by Gasteiger charge is 2.23. The van der Waals surface area contributed by atoms with E-state index in [1.165, 1.54) is 0 Å². The van der Waals surface area contributed by atoms with Crippen LogP contribution in [-0.2, 0) is 4.74 Å². The number of ether oxygens (including phenoxy) is 1. The lowest BCUT2D eigenvalue weighted by Crippen LogP contribution is -2.21. The number of nitrogens with zero attached hydrogens (tertiary/aromatic N) is 1. The Morgan fingerprint density at radius 1 is 1.55 bits per heavy atom. The molecule has 1 heterocycles. The molecule has 5 heteroatoms. The molecule has 0 aromatic heterocycles. The second-order valence-electron chi connectivity index (χ2n) is 5.11. The van der Waals surface area contributed by atoms with E-state index < -0.39 is 0 Å². The zero-order valence-electron chi connectivity index (χ0n) is 11.8. The maximum absolute atomic E-state index is 11.6. The average Bonchev–Trinajstić information content (AvgIpc) is 2.87. The molecule has 2 rings (SSSR count). The second kappa shape index (κ2) is 6.61. The molecular formula is C15H22N2O3. The molecule has 0 saturated carbocycles. The number of hydrogen-bond acceptors (Lipinski definition) is 5. The molecule has 0 radical (unpaired) electrons. The van der Waals surface area contributed by atoms with Gasteiger partial charge in [0.05, 0.1) is 23.5 Å². The molecule has 1 aromatic rings. The van der Waals surface area contributed by atoms with Crippen LogP contribution in [0.25, 0.3) is 0 Å². The lowest BCUT2D eigenvalue weighted by Gasteiger charge is -2.21. The summed E-state index contributed by atoms with van der Waals surface area (Å²) in [5.41, 5.74) is 8.10. The summed E-state index contributed by atoms with van der Waals surface area (Å²) in [4.78, 5) is 13.9. The van der Waals surface area contributed by atoms with Crippen LogP contribution in [0.4, 0.5) is 11.4 Å². The molecule has 1 aromatic carbocycles. The van der Waals surface area contributed by atoms with E-state index in [0.717, 1.165) is 31.6 Å². The van der Waals surface area contributed by atoms with E-state index in [1.54, 1.807) is 19.1 Å². The molecule has 1 saturated heterocycles. The van der Waals surface area contributed by atoms with Gasteiger partial charge in [-0.2, -0.15) is 0 Å². The first kappa shape index (κ1) is 14.7. The Kier molecular flexibility index (Phi) is 4.84. The molecular weight excluding hydrogens is 256 g/mol. The molecule has 5 nitrogen and oxygen atoms in total. The van der Waals surface area contributed by atoms with Gasteiger partial charge in [0.15, 0.2) is 0 Å². The van der Waals surface area contributed by atoms with Crippen molar-refractivity contribution in [2.24, 2.45) is 5.92 Å². The van der Waals surface area contributed by atoms with Gasteiger partial charge in [-0.3, -0.25) is 0 Å². The van der Waals surface area contributed by atoms with Crippen molar-refractivity contribution >= 4 is 17.3 Å². The Morgan fingerprint density at radius 2 is 2.35 bits per heavy atom. The van der Waals surface area contributed by atoms with Crippen LogP contribution in [0, 0.1) is 5.92 Å². The fourth-order valence-corrected chi connectivity index (χ4v) is 2.65. The van der Waals surface area contributed by atoms with Crippen LogP contribution in [0.3, 0.4) is 0 Å². The normalized spacial score (nSPS) is 18.3. The molecule has 0 amide bonds.